The molecule has 6 nitrogen and oxygen atoms in total. The number of aromatic nitrogens is 2. The van der Waals surface area contributed by atoms with Crippen molar-refractivity contribution >= 4 is 39.7 Å². The van der Waals surface area contributed by atoms with Crippen LogP contribution in [0.2, 0.25) is 0 Å². The Bertz CT molecular complexity index is 663. The smallest absolute Gasteiger partial charge is 0.350 e. The van der Waals surface area contributed by atoms with E-state index in [-0.39, 0.29) is 12.3 Å². The van der Waals surface area contributed by atoms with Gasteiger partial charge in [0.15, 0.2) is 5.13 Å². The van der Waals surface area contributed by atoms with Crippen LogP contribution in [0, 0.1) is 13.8 Å². The fraction of sp³-hybridized carbons (Fsp3) is 0.385. The van der Waals surface area contributed by atoms with Crippen molar-refractivity contribution in [1.29, 1.82) is 0 Å². The molecule has 0 saturated carbocycles. The number of thiazole rings is 2. The average molecular weight is 325 g/mol. The van der Waals surface area contributed by atoms with Crippen LogP contribution in [0.25, 0.3) is 0 Å². The number of carbonyl (C=O) groups excluding carboxylic acids is 2. The van der Waals surface area contributed by atoms with Crippen LogP contribution < -0.4 is 5.32 Å². The van der Waals surface area contributed by atoms with Crippen molar-refractivity contribution in [3.63, 3.8) is 0 Å². The van der Waals surface area contributed by atoms with Crippen LogP contribution >= 0.6 is 22.7 Å². The predicted octanol–water partition coefficient (Wildman–Crippen LogP) is 2.57. The van der Waals surface area contributed by atoms with Crippen molar-refractivity contribution < 1.29 is 14.3 Å². The van der Waals surface area contributed by atoms with Gasteiger partial charge in [-0.15, -0.1) is 11.3 Å². The largest absolute Gasteiger partial charge is 0.462 e. The summed E-state index contributed by atoms with van der Waals surface area (Å²) in [6.07, 6.45) is 0.192. The van der Waals surface area contributed by atoms with Crippen LogP contribution in [0.1, 0.15) is 33.0 Å². The summed E-state index contributed by atoms with van der Waals surface area (Å²) in [6.45, 7) is 5.65. The minimum Gasteiger partial charge on any atom is -0.462 e. The van der Waals surface area contributed by atoms with Crippen molar-refractivity contribution in [2.75, 3.05) is 11.9 Å². The zero-order valence-electron chi connectivity index (χ0n) is 11.9. The molecule has 0 aliphatic heterocycles. The van der Waals surface area contributed by atoms with Crippen molar-refractivity contribution in [1.82, 2.24) is 9.97 Å². The summed E-state index contributed by atoms with van der Waals surface area (Å²) in [5.74, 6) is -0.618. The van der Waals surface area contributed by atoms with Gasteiger partial charge in [0.2, 0.25) is 5.91 Å². The van der Waals surface area contributed by atoms with E-state index in [1.165, 1.54) is 11.3 Å². The Morgan fingerprint density at radius 3 is 2.71 bits per heavy atom. The van der Waals surface area contributed by atoms with E-state index in [2.05, 4.69) is 15.3 Å². The van der Waals surface area contributed by atoms with Gasteiger partial charge in [-0.05, 0) is 20.8 Å². The molecule has 2 aromatic heterocycles. The Morgan fingerprint density at radius 1 is 1.33 bits per heavy atom. The van der Waals surface area contributed by atoms with E-state index in [1.807, 2.05) is 12.3 Å². The Labute approximate surface area is 130 Å². The molecule has 21 heavy (non-hydrogen) atoms. The number of hydrogen-bond acceptors (Lipinski definition) is 7. The number of aryl methyl sites for hydroxylation is 2. The van der Waals surface area contributed by atoms with Gasteiger partial charge in [-0.2, -0.15) is 0 Å². The number of ether oxygens (including phenoxy) is 1. The predicted molar refractivity (Wildman–Crippen MR) is 82.0 cm³/mol. The molecular weight excluding hydrogens is 310 g/mol. The maximum atomic E-state index is 11.9. The summed E-state index contributed by atoms with van der Waals surface area (Å²) in [6, 6.07) is 0. The normalized spacial score (nSPS) is 10.4. The molecule has 0 aromatic carbocycles. The summed E-state index contributed by atoms with van der Waals surface area (Å²) >= 11 is 2.62. The van der Waals surface area contributed by atoms with Crippen LogP contribution in [0.5, 0.6) is 0 Å². The fourth-order valence-electron chi connectivity index (χ4n) is 1.65. The van der Waals surface area contributed by atoms with E-state index in [4.69, 9.17) is 4.74 Å². The van der Waals surface area contributed by atoms with Crippen LogP contribution in [-0.4, -0.2) is 28.5 Å². The summed E-state index contributed by atoms with van der Waals surface area (Å²) in [7, 11) is 0. The molecule has 1 amide bonds. The highest BCUT2D eigenvalue weighted by Crippen LogP contribution is 2.23. The molecule has 2 heterocycles. The Kier molecular flexibility index (Phi) is 5.03. The highest BCUT2D eigenvalue weighted by molar-refractivity contribution is 7.17. The van der Waals surface area contributed by atoms with E-state index < -0.39 is 5.97 Å². The fourth-order valence-corrected chi connectivity index (χ4v) is 3.14. The molecule has 0 fully saturated rings. The lowest BCUT2D eigenvalue weighted by Crippen LogP contribution is -2.14. The second-order valence-electron chi connectivity index (χ2n) is 4.24. The van der Waals surface area contributed by atoms with Gasteiger partial charge >= 0.3 is 5.97 Å². The zero-order valence-corrected chi connectivity index (χ0v) is 13.6. The number of anilines is 1. The van der Waals surface area contributed by atoms with E-state index in [9.17, 15) is 9.59 Å². The number of hydrogen-bond donors (Lipinski definition) is 1. The summed E-state index contributed by atoms with van der Waals surface area (Å²) in [5, 5.41) is 5.86. The molecule has 112 valence electrons. The zero-order chi connectivity index (χ0) is 15.4. The number of carbonyl (C=O) groups is 2. The van der Waals surface area contributed by atoms with Crippen LogP contribution in [-0.2, 0) is 16.0 Å². The molecule has 0 bridgehead atoms. The minimum absolute atomic E-state index is 0.192. The molecule has 2 aromatic rings. The molecular formula is C13H15N3O3S2. The Balaban J connectivity index is 2.01. The van der Waals surface area contributed by atoms with Crippen LogP contribution in [0.3, 0.4) is 0 Å². The first kappa shape index (κ1) is 15.6. The van der Waals surface area contributed by atoms with Crippen LogP contribution in [0.15, 0.2) is 5.38 Å². The highest BCUT2D eigenvalue weighted by Gasteiger charge is 2.17. The summed E-state index contributed by atoms with van der Waals surface area (Å²) in [4.78, 5) is 32.4. The van der Waals surface area contributed by atoms with Gasteiger partial charge in [0.1, 0.15) is 4.88 Å². The van der Waals surface area contributed by atoms with Gasteiger partial charge in [0, 0.05) is 5.38 Å². The van der Waals surface area contributed by atoms with Crippen LogP contribution in [0.4, 0.5) is 5.13 Å². The standard InChI is InChI=1S/C13H15N3O3S2/c1-4-19-12(18)11-7(2)14-13(21-11)16-10(17)5-9-6-20-8(3)15-9/h6H,4-5H2,1-3H3,(H,14,16,17). The van der Waals surface area contributed by atoms with E-state index in [0.29, 0.717) is 22.3 Å². The number of nitrogens with zero attached hydrogens (tertiary/aromatic N) is 2. The number of amides is 1. The minimum atomic E-state index is -0.414. The molecule has 0 radical (unpaired) electrons. The number of nitrogens with one attached hydrogen (secondary N) is 1. The average Bonchev–Trinajstić information content (AvgIpc) is 2.96. The lowest BCUT2D eigenvalue weighted by molar-refractivity contribution is -0.115. The van der Waals surface area contributed by atoms with Crippen molar-refractivity contribution in [2.24, 2.45) is 0 Å². The second kappa shape index (κ2) is 6.77. The first-order valence-corrected chi connectivity index (χ1v) is 8.04. The monoisotopic (exact) mass is 325 g/mol. The molecule has 2 rings (SSSR count). The van der Waals surface area contributed by atoms with Gasteiger partial charge in [-0.3, -0.25) is 4.79 Å². The molecule has 0 spiro atoms. The maximum Gasteiger partial charge on any atom is 0.350 e. The molecule has 8 heteroatoms. The SMILES string of the molecule is CCOC(=O)c1sc(NC(=O)Cc2csc(C)n2)nc1C. The second-order valence-corrected chi connectivity index (χ2v) is 6.30. The third kappa shape index (κ3) is 4.08. The van der Waals surface area contributed by atoms with Gasteiger partial charge in [-0.1, -0.05) is 11.3 Å². The molecule has 0 unspecified atom stereocenters. The highest BCUT2D eigenvalue weighted by atomic mass is 32.1. The molecule has 1 N–H and O–H groups in total. The molecule has 0 aliphatic rings. The van der Waals surface area contributed by atoms with Gasteiger partial charge < -0.3 is 10.1 Å². The first-order valence-electron chi connectivity index (χ1n) is 6.35. The van der Waals surface area contributed by atoms with Gasteiger partial charge in [-0.25, -0.2) is 14.8 Å². The van der Waals surface area contributed by atoms with Crippen molar-refractivity contribution in [2.45, 2.75) is 27.2 Å². The lowest BCUT2D eigenvalue weighted by Gasteiger charge is -1.99. The topological polar surface area (TPSA) is 81.2 Å². The molecule has 0 saturated heterocycles. The maximum absolute atomic E-state index is 11.9. The van der Waals surface area contributed by atoms with E-state index in [1.54, 1.807) is 13.8 Å². The molecule has 0 aliphatic carbocycles. The summed E-state index contributed by atoms with van der Waals surface area (Å²) in [5.41, 5.74) is 1.28. The van der Waals surface area contributed by atoms with Crippen molar-refractivity contribution in [3.8, 4) is 0 Å². The first-order chi connectivity index (χ1) is 9.99. The third-order valence-electron chi connectivity index (χ3n) is 2.51. The molecule has 0 atom stereocenters. The Morgan fingerprint density at radius 2 is 2.10 bits per heavy atom. The summed E-state index contributed by atoms with van der Waals surface area (Å²) < 4.78 is 4.94. The van der Waals surface area contributed by atoms with Gasteiger partial charge in [0.25, 0.3) is 0 Å². The number of esters is 1. The third-order valence-corrected chi connectivity index (χ3v) is 4.39. The van der Waals surface area contributed by atoms with Gasteiger partial charge in [0.05, 0.1) is 29.4 Å². The van der Waals surface area contributed by atoms with Crippen molar-refractivity contribution in [3.05, 3.63) is 26.7 Å². The Hall–Kier alpha value is -1.80. The lowest BCUT2D eigenvalue weighted by atomic mass is 10.3. The quantitative estimate of drug-likeness (QED) is 0.855. The van der Waals surface area contributed by atoms with E-state index in [0.717, 1.165) is 22.0 Å². The number of rotatable bonds is 5. The van der Waals surface area contributed by atoms with E-state index >= 15 is 0 Å².